The first-order valence-electron chi connectivity index (χ1n) is 3.70. The molecule has 0 aromatic rings. The van der Waals surface area contributed by atoms with Gasteiger partial charge in [-0.15, -0.1) is 0 Å². The number of aliphatic hydroxyl groups excluding tert-OH is 2. The van der Waals surface area contributed by atoms with Crippen molar-refractivity contribution in [2.45, 2.75) is 13.0 Å². The van der Waals surface area contributed by atoms with Gasteiger partial charge in [-0.1, -0.05) is 0 Å². The molecule has 0 saturated carbocycles. The van der Waals surface area contributed by atoms with Crippen LogP contribution in [-0.4, -0.2) is 60.9 Å². The van der Waals surface area contributed by atoms with E-state index >= 15 is 0 Å². The molecule has 0 amide bonds. The van der Waals surface area contributed by atoms with Gasteiger partial charge < -0.3 is 10.2 Å². The van der Waals surface area contributed by atoms with E-state index < -0.39 is 38.4 Å². The molecule has 0 aromatic heterocycles. The Morgan fingerprint density at radius 2 is 1.12 bits per heavy atom. The third-order valence-corrected chi connectivity index (χ3v) is 1.09. The van der Waals surface area contributed by atoms with Gasteiger partial charge in [-0.3, -0.25) is 9.11 Å². The maximum atomic E-state index is 10.7. The molecule has 0 rings (SSSR count). The van der Waals surface area contributed by atoms with Gasteiger partial charge in [0.1, 0.15) is 0 Å². The standard InChI is InChI=1S/C3H8O2.2CH3FO3S/c1-3(5)2-4;2*2-1-6(3,4)5/h3-5H,2H2,1H3;2*1H2,(H,3,4,5). The SMILES string of the molecule is CC(O)CO.O=S(=O)(O)CF.O=S(=O)(O)CF. The summed E-state index contributed by atoms with van der Waals surface area (Å²) >= 11 is 0. The van der Waals surface area contributed by atoms with E-state index in [0.29, 0.717) is 0 Å². The highest BCUT2D eigenvalue weighted by Gasteiger charge is 1.98. The molecule has 0 fully saturated rings. The summed E-state index contributed by atoms with van der Waals surface area (Å²) in [5, 5.41) is 16.0. The second-order valence-corrected chi connectivity index (χ2v) is 5.18. The first-order chi connectivity index (χ1) is 7.39. The van der Waals surface area contributed by atoms with Gasteiger partial charge in [-0.05, 0) is 6.92 Å². The molecule has 1 unspecified atom stereocenters. The highest BCUT2D eigenvalue weighted by atomic mass is 32.2. The quantitative estimate of drug-likeness (QED) is 0.483. The second kappa shape index (κ2) is 10.7. The van der Waals surface area contributed by atoms with Gasteiger partial charge in [0.05, 0.1) is 12.7 Å². The van der Waals surface area contributed by atoms with Crippen LogP contribution >= 0.6 is 0 Å². The van der Waals surface area contributed by atoms with E-state index in [1.165, 1.54) is 6.92 Å². The highest BCUT2D eigenvalue weighted by Crippen LogP contribution is 1.78. The van der Waals surface area contributed by atoms with Crippen LogP contribution < -0.4 is 0 Å². The predicted molar refractivity (Wildman–Crippen MR) is 53.8 cm³/mol. The van der Waals surface area contributed by atoms with Crippen LogP contribution in [-0.2, 0) is 20.2 Å². The van der Waals surface area contributed by atoms with E-state index in [2.05, 4.69) is 0 Å². The Morgan fingerprint density at radius 3 is 1.12 bits per heavy atom. The zero-order valence-electron chi connectivity index (χ0n) is 8.69. The fraction of sp³-hybridized carbons (Fsp3) is 1.00. The normalized spacial score (nSPS) is 12.6. The van der Waals surface area contributed by atoms with Crippen LogP contribution in [0.2, 0.25) is 0 Å². The Kier molecular flexibility index (Phi) is 13.8. The number of hydrogen-bond acceptors (Lipinski definition) is 6. The summed E-state index contributed by atoms with van der Waals surface area (Å²) < 4.78 is 72.9. The summed E-state index contributed by atoms with van der Waals surface area (Å²) in [4.78, 5) is 0. The molecule has 0 saturated heterocycles. The average Bonchev–Trinajstić information content (AvgIpc) is 2.17. The van der Waals surface area contributed by atoms with E-state index in [1.54, 1.807) is 0 Å². The lowest BCUT2D eigenvalue weighted by Crippen LogP contribution is -2.03. The van der Waals surface area contributed by atoms with Crippen molar-refractivity contribution in [3.8, 4) is 0 Å². The van der Waals surface area contributed by atoms with Gasteiger partial charge in [-0.25, -0.2) is 8.78 Å². The first-order valence-corrected chi connectivity index (χ1v) is 6.92. The van der Waals surface area contributed by atoms with E-state index in [4.69, 9.17) is 19.3 Å². The van der Waals surface area contributed by atoms with Crippen molar-refractivity contribution in [3.05, 3.63) is 0 Å². The van der Waals surface area contributed by atoms with Crippen LogP contribution in [0, 0.1) is 0 Å². The maximum absolute atomic E-state index is 10.7. The lowest BCUT2D eigenvalue weighted by molar-refractivity contribution is 0.110. The third-order valence-electron chi connectivity index (χ3n) is 0.540. The van der Waals surface area contributed by atoms with Gasteiger partial charge in [0.15, 0.2) is 0 Å². The molecule has 108 valence electrons. The molecule has 0 aromatic carbocycles. The van der Waals surface area contributed by atoms with Gasteiger partial charge in [0.2, 0.25) is 12.0 Å². The molecule has 0 radical (unpaired) electrons. The summed E-state index contributed by atoms with van der Waals surface area (Å²) in [5.41, 5.74) is 0. The van der Waals surface area contributed by atoms with Crippen molar-refractivity contribution >= 4 is 20.2 Å². The Morgan fingerprint density at radius 1 is 1.00 bits per heavy atom. The summed E-state index contributed by atoms with van der Waals surface area (Å²) in [6, 6.07) is -3.40. The fourth-order valence-corrected chi connectivity index (χ4v) is 0. The van der Waals surface area contributed by atoms with Crippen LogP contribution in [0.1, 0.15) is 6.92 Å². The molecular weight excluding hydrogens is 290 g/mol. The van der Waals surface area contributed by atoms with Crippen LogP contribution in [0.3, 0.4) is 0 Å². The number of aliphatic hydroxyl groups is 2. The topological polar surface area (TPSA) is 149 Å². The van der Waals surface area contributed by atoms with Crippen molar-refractivity contribution in [3.63, 3.8) is 0 Å². The van der Waals surface area contributed by atoms with Crippen molar-refractivity contribution in [1.82, 2.24) is 0 Å². The lowest BCUT2D eigenvalue weighted by atomic mass is 10.5. The molecular formula is C5H14F2O8S2. The fourth-order valence-electron chi connectivity index (χ4n) is 0. The Balaban J connectivity index is -0.000000174. The van der Waals surface area contributed by atoms with Gasteiger partial charge in [-0.2, -0.15) is 16.8 Å². The first kappa shape index (κ1) is 21.8. The monoisotopic (exact) mass is 304 g/mol. The molecule has 0 aliphatic carbocycles. The summed E-state index contributed by atoms with van der Waals surface area (Å²) in [6.07, 6.45) is -0.560. The minimum Gasteiger partial charge on any atom is -0.394 e. The number of halogens is 2. The zero-order chi connectivity index (χ0) is 14.7. The molecule has 1 atom stereocenters. The van der Waals surface area contributed by atoms with E-state index in [1.807, 2.05) is 0 Å². The van der Waals surface area contributed by atoms with Crippen molar-refractivity contribution < 1.29 is 44.9 Å². The molecule has 8 nitrogen and oxygen atoms in total. The lowest BCUT2D eigenvalue weighted by Gasteiger charge is -1.90. The van der Waals surface area contributed by atoms with E-state index in [-0.39, 0.29) is 6.61 Å². The summed E-state index contributed by atoms with van der Waals surface area (Å²) in [6.45, 7) is 1.39. The van der Waals surface area contributed by atoms with E-state index in [9.17, 15) is 25.6 Å². The minimum atomic E-state index is -4.33. The number of alkyl halides is 2. The summed E-state index contributed by atoms with van der Waals surface area (Å²) in [7, 11) is -8.66. The Bertz CT molecular complexity index is 316. The third kappa shape index (κ3) is 50.0. The zero-order valence-corrected chi connectivity index (χ0v) is 10.3. The van der Waals surface area contributed by atoms with Crippen LogP contribution in [0.25, 0.3) is 0 Å². The van der Waals surface area contributed by atoms with Crippen molar-refractivity contribution in [1.29, 1.82) is 0 Å². The van der Waals surface area contributed by atoms with Crippen LogP contribution in [0.4, 0.5) is 8.78 Å². The Hall–Kier alpha value is -0.400. The van der Waals surface area contributed by atoms with Gasteiger partial charge in [0, 0.05) is 0 Å². The predicted octanol–water partition coefficient (Wildman–Crippen LogP) is -1.04. The van der Waals surface area contributed by atoms with Gasteiger partial charge >= 0.3 is 0 Å². The largest absolute Gasteiger partial charge is 0.394 e. The highest BCUT2D eigenvalue weighted by molar-refractivity contribution is 7.85. The maximum Gasteiger partial charge on any atom is 0.294 e. The van der Waals surface area contributed by atoms with Crippen LogP contribution in [0.15, 0.2) is 0 Å². The van der Waals surface area contributed by atoms with Crippen molar-refractivity contribution in [2.24, 2.45) is 0 Å². The molecule has 4 N–H and O–H groups in total. The molecule has 0 heterocycles. The van der Waals surface area contributed by atoms with Crippen LogP contribution in [0.5, 0.6) is 0 Å². The van der Waals surface area contributed by atoms with Gasteiger partial charge in [0.25, 0.3) is 20.2 Å². The summed E-state index contributed by atoms with van der Waals surface area (Å²) in [5.74, 6) is 0. The van der Waals surface area contributed by atoms with Crippen molar-refractivity contribution in [2.75, 3.05) is 18.6 Å². The number of hydrogen-bond donors (Lipinski definition) is 4. The molecule has 0 spiro atoms. The minimum absolute atomic E-state index is 0.139. The second-order valence-electron chi connectivity index (χ2n) is 2.41. The smallest absolute Gasteiger partial charge is 0.294 e. The van der Waals surface area contributed by atoms with E-state index in [0.717, 1.165) is 0 Å². The molecule has 17 heavy (non-hydrogen) atoms. The molecule has 0 aliphatic rings. The average molecular weight is 304 g/mol. The molecule has 12 heteroatoms. The number of rotatable bonds is 3. The Labute approximate surface area is 97.4 Å². The molecule has 0 aliphatic heterocycles. The molecule has 0 bridgehead atoms.